The summed E-state index contributed by atoms with van der Waals surface area (Å²) in [5.41, 5.74) is 7.80. The van der Waals surface area contributed by atoms with Gasteiger partial charge in [-0.1, -0.05) is 0 Å². The summed E-state index contributed by atoms with van der Waals surface area (Å²) in [6, 6.07) is 2.15. The van der Waals surface area contributed by atoms with E-state index in [-0.39, 0.29) is 25.0 Å². The minimum absolute atomic E-state index is 0.0209. The Morgan fingerprint density at radius 3 is 2.84 bits per heavy atom. The third kappa shape index (κ3) is 2.58. The van der Waals surface area contributed by atoms with E-state index in [9.17, 15) is 4.79 Å². The van der Waals surface area contributed by atoms with E-state index in [1.165, 1.54) is 39.4 Å². The van der Waals surface area contributed by atoms with Crippen LogP contribution in [0.15, 0.2) is 6.07 Å². The molecule has 1 aromatic carbocycles. The third-order valence-corrected chi connectivity index (χ3v) is 6.52. The highest BCUT2D eigenvalue weighted by atomic mass is 31.0. The summed E-state index contributed by atoms with van der Waals surface area (Å²) in [5.74, 6) is 0.0209. The fourth-order valence-electron chi connectivity index (χ4n) is 4.58. The lowest BCUT2D eigenvalue weighted by Crippen LogP contribution is -2.40. The number of pyridine rings is 1. The molecule has 1 aliphatic heterocycles. The van der Waals surface area contributed by atoms with Crippen LogP contribution in [0.4, 0.5) is 0 Å². The molecule has 2 aromatic rings. The van der Waals surface area contributed by atoms with Gasteiger partial charge in [0.2, 0.25) is 5.91 Å². The van der Waals surface area contributed by atoms with Gasteiger partial charge in [-0.05, 0) is 73.2 Å². The van der Waals surface area contributed by atoms with Gasteiger partial charge in [-0.2, -0.15) is 0 Å². The van der Waals surface area contributed by atoms with E-state index in [1.807, 2.05) is 4.90 Å². The number of carbonyl (C=O) groups excluding carboxylic acids is 1. The van der Waals surface area contributed by atoms with Crippen LogP contribution >= 0.6 is 9.24 Å². The zero-order chi connectivity index (χ0) is 17.7. The van der Waals surface area contributed by atoms with Crippen molar-refractivity contribution < 1.29 is 9.90 Å². The molecule has 0 saturated carbocycles. The van der Waals surface area contributed by atoms with Crippen LogP contribution in [0.1, 0.15) is 53.8 Å². The second-order valence-electron chi connectivity index (χ2n) is 7.26. The highest BCUT2D eigenvalue weighted by Gasteiger charge is 2.32. The van der Waals surface area contributed by atoms with E-state index in [0.29, 0.717) is 0 Å². The molecule has 2 aliphatic rings. The second kappa shape index (κ2) is 6.34. The monoisotopic (exact) mass is 356 g/mol. The van der Waals surface area contributed by atoms with Crippen LogP contribution in [0.3, 0.4) is 0 Å². The summed E-state index contributed by atoms with van der Waals surface area (Å²) in [5, 5.41) is 11.7. The van der Waals surface area contributed by atoms with Crippen LogP contribution in [0, 0.1) is 6.92 Å². The third-order valence-electron chi connectivity index (χ3n) is 5.92. The zero-order valence-corrected chi connectivity index (χ0v) is 16.1. The Kier molecular flexibility index (Phi) is 4.29. The molecule has 0 radical (unpaired) electrons. The smallest absolute Gasteiger partial charge is 0.225 e. The molecule has 2 atom stereocenters. The van der Waals surface area contributed by atoms with Gasteiger partial charge in [0, 0.05) is 18.4 Å². The maximum atomic E-state index is 12.3. The number of hydrogen-bond acceptors (Lipinski definition) is 3. The van der Waals surface area contributed by atoms with Crippen molar-refractivity contribution in [2.45, 2.75) is 52.0 Å². The van der Waals surface area contributed by atoms with Crippen molar-refractivity contribution in [3.05, 3.63) is 34.0 Å². The minimum atomic E-state index is -0.0929. The first-order valence-corrected chi connectivity index (χ1v) is 9.74. The van der Waals surface area contributed by atoms with Crippen molar-refractivity contribution in [2.24, 2.45) is 0 Å². The normalized spacial score (nSPS) is 19.2. The van der Waals surface area contributed by atoms with Crippen molar-refractivity contribution in [3.63, 3.8) is 0 Å². The molecule has 4 nitrogen and oxygen atoms in total. The maximum Gasteiger partial charge on any atom is 0.225 e. The molecule has 1 aliphatic carbocycles. The molecule has 0 saturated heterocycles. The number of aliphatic hydroxyl groups excluding tert-OH is 1. The Morgan fingerprint density at radius 2 is 2.08 bits per heavy atom. The van der Waals surface area contributed by atoms with Gasteiger partial charge in [0.1, 0.15) is 0 Å². The number of aliphatic hydroxyl groups is 1. The van der Waals surface area contributed by atoms with Gasteiger partial charge in [0.05, 0.1) is 23.9 Å². The molecule has 1 N–H and O–H groups in total. The molecule has 2 heterocycles. The summed E-state index contributed by atoms with van der Waals surface area (Å²) < 4.78 is 0. The van der Waals surface area contributed by atoms with E-state index in [0.717, 1.165) is 37.0 Å². The molecule has 0 fully saturated rings. The summed E-state index contributed by atoms with van der Waals surface area (Å²) in [6.07, 6.45) is 4.50. The van der Waals surface area contributed by atoms with Crippen LogP contribution < -0.4 is 5.30 Å². The molecule has 5 heteroatoms. The summed E-state index contributed by atoms with van der Waals surface area (Å²) in [6.45, 7) is 4.91. The van der Waals surface area contributed by atoms with Crippen molar-refractivity contribution in [1.82, 2.24) is 9.88 Å². The Morgan fingerprint density at radius 1 is 1.32 bits per heavy atom. The SMILES string of the molecule is Cc1c(P)cc2nc3c(c4c2c1CCC4)CCN(C(=O)CCO)C3C. The minimum Gasteiger partial charge on any atom is -0.396 e. The number of benzene rings is 1. The van der Waals surface area contributed by atoms with Crippen LogP contribution in [-0.4, -0.2) is 34.0 Å². The van der Waals surface area contributed by atoms with Crippen molar-refractivity contribution >= 4 is 31.4 Å². The van der Waals surface area contributed by atoms with Gasteiger partial charge in [0.25, 0.3) is 0 Å². The van der Waals surface area contributed by atoms with Crippen LogP contribution in [-0.2, 0) is 24.1 Å². The van der Waals surface area contributed by atoms with Crippen molar-refractivity contribution in [1.29, 1.82) is 0 Å². The predicted molar refractivity (Wildman–Crippen MR) is 103 cm³/mol. The number of nitrogens with zero attached hydrogens (tertiary/aromatic N) is 2. The van der Waals surface area contributed by atoms with E-state index in [4.69, 9.17) is 10.1 Å². The Labute approximate surface area is 150 Å². The Balaban J connectivity index is 1.90. The molecule has 0 bridgehead atoms. The van der Waals surface area contributed by atoms with E-state index in [1.54, 1.807) is 0 Å². The molecule has 1 aromatic heterocycles. The lowest BCUT2D eigenvalue weighted by Gasteiger charge is -2.37. The maximum absolute atomic E-state index is 12.3. The van der Waals surface area contributed by atoms with E-state index in [2.05, 4.69) is 29.2 Å². The number of rotatable bonds is 2. The van der Waals surface area contributed by atoms with Gasteiger partial charge >= 0.3 is 0 Å². The molecule has 4 rings (SSSR count). The van der Waals surface area contributed by atoms with E-state index >= 15 is 0 Å². The highest BCUT2D eigenvalue weighted by Crippen LogP contribution is 2.39. The van der Waals surface area contributed by atoms with Gasteiger partial charge in [-0.3, -0.25) is 9.78 Å². The number of aryl methyl sites for hydroxylation is 2. The molecular weight excluding hydrogens is 331 g/mol. The molecule has 2 unspecified atom stereocenters. The quantitative estimate of drug-likeness (QED) is 0.841. The Hall–Kier alpha value is -1.51. The molecule has 25 heavy (non-hydrogen) atoms. The molecule has 1 amide bonds. The lowest BCUT2D eigenvalue weighted by atomic mass is 9.82. The first-order chi connectivity index (χ1) is 12.0. The van der Waals surface area contributed by atoms with Crippen LogP contribution in [0.2, 0.25) is 0 Å². The molecule has 0 spiro atoms. The van der Waals surface area contributed by atoms with Gasteiger partial charge in [0.15, 0.2) is 0 Å². The van der Waals surface area contributed by atoms with Crippen molar-refractivity contribution in [2.75, 3.05) is 13.2 Å². The fraction of sp³-hybridized carbons (Fsp3) is 0.500. The topological polar surface area (TPSA) is 53.4 Å². The van der Waals surface area contributed by atoms with Gasteiger partial charge in [-0.25, -0.2) is 0 Å². The fourth-order valence-corrected chi connectivity index (χ4v) is 4.91. The first-order valence-electron chi connectivity index (χ1n) is 9.16. The number of fused-ring (bicyclic) bond motifs is 2. The summed E-state index contributed by atoms with van der Waals surface area (Å²) in [4.78, 5) is 19.2. The van der Waals surface area contributed by atoms with Crippen LogP contribution in [0.25, 0.3) is 10.9 Å². The molecular formula is C20H25N2O2P. The number of carbonyl (C=O) groups is 1. The summed E-state index contributed by atoms with van der Waals surface area (Å²) >= 11 is 0. The second-order valence-corrected chi connectivity index (χ2v) is 7.88. The number of hydrogen-bond donors (Lipinski definition) is 1. The standard InChI is InChI=1S/C20H25N2O2P/c1-11-13-4-3-5-14-15-6-8-22(18(24)7-9-23)12(2)20(15)21-16(19(13)14)10-17(11)25/h10,12,23H,3-9,25H2,1-2H3. The van der Waals surface area contributed by atoms with Gasteiger partial charge < -0.3 is 10.0 Å². The summed E-state index contributed by atoms with van der Waals surface area (Å²) in [7, 11) is 2.84. The average Bonchev–Trinajstić information content (AvgIpc) is 2.60. The van der Waals surface area contributed by atoms with Gasteiger partial charge in [-0.15, -0.1) is 9.24 Å². The van der Waals surface area contributed by atoms with E-state index < -0.39 is 0 Å². The number of aromatic nitrogens is 1. The predicted octanol–water partition coefficient (Wildman–Crippen LogP) is 2.36. The lowest BCUT2D eigenvalue weighted by molar-refractivity contribution is -0.134. The van der Waals surface area contributed by atoms with Crippen LogP contribution in [0.5, 0.6) is 0 Å². The highest BCUT2D eigenvalue weighted by molar-refractivity contribution is 7.27. The number of amides is 1. The molecule has 132 valence electrons. The van der Waals surface area contributed by atoms with Crippen molar-refractivity contribution in [3.8, 4) is 0 Å². The first kappa shape index (κ1) is 16.9. The largest absolute Gasteiger partial charge is 0.396 e. The Bertz CT molecular complexity index is 878. The zero-order valence-electron chi connectivity index (χ0n) is 14.9. The average molecular weight is 356 g/mol.